The lowest BCUT2D eigenvalue weighted by molar-refractivity contribution is 0.425. The van der Waals surface area contributed by atoms with Crippen molar-refractivity contribution >= 4 is 15.7 Å². The van der Waals surface area contributed by atoms with Gasteiger partial charge in [-0.15, -0.1) is 0 Å². The van der Waals surface area contributed by atoms with Gasteiger partial charge >= 0.3 is 0 Å². The van der Waals surface area contributed by atoms with Crippen LogP contribution in [0, 0.1) is 5.92 Å². The number of hydrogen-bond donors (Lipinski definition) is 2. The van der Waals surface area contributed by atoms with Crippen molar-refractivity contribution in [1.29, 1.82) is 0 Å². The molecule has 0 fully saturated rings. The molecular formula is C18H18N2O2S. The molecule has 23 heavy (non-hydrogen) atoms. The zero-order valence-corrected chi connectivity index (χ0v) is 13.3. The number of nitrogens with two attached hydrogens (primary N) is 1. The van der Waals surface area contributed by atoms with Crippen molar-refractivity contribution in [2.75, 3.05) is 5.32 Å². The second-order valence-corrected chi connectivity index (χ2v) is 7.74. The molecule has 1 aliphatic heterocycles. The minimum atomic E-state index is -3.68. The average molecular weight is 326 g/mol. The highest BCUT2D eigenvalue weighted by Crippen LogP contribution is 2.50. The number of fused-ring (bicyclic) bond motifs is 3. The summed E-state index contributed by atoms with van der Waals surface area (Å²) in [5, 5.41) is 8.87. The van der Waals surface area contributed by atoms with Crippen molar-refractivity contribution in [1.82, 2.24) is 0 Å². The maximum atomic E-state index is 11.6. The van der Waals surface area contributed by atoms with Gasteiger partial charge < -0.3 is 5.32 Å². The number of hydrogen-bond acceptors (Lipinski definition) is 3. The van der Waals surface area contributed by atoms with Crippen LogP contribution in [0.5, 0.6) is 0 Å². The van der Waals surface area contributed by atoms with Crippen molar-refractivity contribution in [3.8, 4) is 0 Å². The van der Waals surface area contributed by atoms with E-state index in [1.165, 1.54) is 5.56 Å². The molecule has 0 radical (unpaired) electrons. The van der Waals surface area contributed by atoms with Crippen molar-refractivity contribution in [3.05, 3.63) is 71.8 Å². The third kappa shape index (κ3) is 2.46. The quantitative estimate of drug-likeness (QED) is 0.833. The van der Waals surface area contributed by atoms with Crippen LogP contribution in [0.2, 0.25) is 0 Å². The number of sulfonamides is 1. The second kappa shape index (κ2) is 5.22. The van der Waals surface area contributed by atoms with Gasteiger partial charge in [-0.2, -0.15) is 0 Å². The fourth-order valence-electron chi connectivity index (χ4n) is 3.74. The Morgan fingerprint density at radius 2 is 1.87 bits per heavy atom. The maximum Gasteiger partial charge on any atom is 0.238 e. The van der Waals surface area contributed by atoms with Crippen molar-refractivity contribution in [3.63, 3.8) is 0 Å². The van der Waals surface area contributed by atoms with Crippen molar-refractivity contribution < 1.29 is 8.42 Å². The summed E-state index contributed by atoms with van der Waals surface area (Å²) >= 11 is 0. The lowest BCUT2D eigenvalue weighted by Gasteiger charge is -2.37. The summed E-state index contributed by atoms with van der Waals surface area (Å²) in [6.07, 6.45) is 5.36. The zero-order valence-electron chi connectivity index (χ0n) is 12.5. The first-order chi connectivity index (χ1) is 11.0. The van der Waals surface area contributed by atoms with Crippen LogP contribution < -0.4 is 10.5 Å². The number of nitrogens with one attached hydrogen (secondary N) is 1. The monoisotopic (exact) mass is 326 g/mol. The largest absolute Gasteiger partial charge is 0.378 e. The van der Waals surface area contributed by atoms with Crippen LogP contribution in [0.4, 0.5) is 5.69 Å². The van der Waals surface area contributed by atoms with Gasteiger partial charge in [-0.05, 0) is 41.7 Å². The molecule has 3 N–H and O–H groups in total. The van der Waals surface area contributed by atoms with Crippen LogP contribution in [0.3, 0.4) is 0 Å². The summed E-state index contributed by atoms with van der Waals surface area (Å²) in [5.41, 5.74) is 3.26. The van der Waals surface area contributed by atoms with E-state index in [1.54, 1.807) is 12.1 Å². The molecule has 3 atom stereocenters. The van der Waals surface area contributed by atoms with Gasteiger partial charge in [-0.25, -0.2) is 13.6 Å². The van der Waals surface area contributed by atoms with Crippen LogP contribution in [-0.2, 0) is 10.0 Å². The molecule has 118 valence electrons. The van der Waals surface area contributed by atoms with Gasteiger partial charge in [0.2, 0.25) is 10.0 Å². The highest BCUT2D eigenvalue weighted by atomic mass is 32.2. The molecule has 3 unspecified atom stereocenters. The van der Waals surface area contributed by atoms with Crippen LogP contribution >= 0.6 is 0 Å². The molecule has 4 rings (SSSR count). The van der Waals surface area contributed by atoms with Gasteiger partial charge in [0, 0.05) is 11.6 Å². The Morgan fingerprint density at radius 1 is 1.09 bits per heavy atom. The number of anilines is 1. The molecule has 0 bridgehead atoms. The number of benzene rings is 2. The summed E-state index contributed by atoms with van der Waals surface area (Å²) in [6.45, 7) is 0. The lowest BCUT2D eigenvalue weighted by atomic mass is 9.77. The normalized spacial score (nSPS) is 25.5. The van der Waals surface area contributed by atoms with Gasteiger partial charge in [0.15, 0.2) is 0 Å². The van der Waals surface area contributed by atoms with Gasteiger partial charge in [0.05, 0.1) is 10.9 Å². The molecule has 4 nitrogen and oxygen atoms in total. The third-order valence-electron chi connectivity index (χ3n) is 4.82. The molecule has 1 heterocycles. The van der Waals surface area contributed by atoms with E-state index in [0.717, 1.165) is 17.7 Å². The molecule has 0 saturated carbocycles. The van der Waals surface area contributed by atoms with Crippen molar-refractivity contribution in [2.45, 2.75) is 23.3 Å². The Kier molecular flexibility index (Phi) is 3.28. The van der Waals surface area contributed by atoms with E-state index >= 15 is 0 Å². The van der Waals surface area contributed by atoms with Gasteiger partial charge in [-0.1, -0.05) is 42.5 Å². The second-order valence-electron chi connectivity index (χ2n) is 6.18. The molecule has 2 aliphatic rings. The summed E-state index contributed by atoms with van der Waals surface area (Å²) in [4.78, 5) is 0.176. The Labute approximate surface area is 136 Å². The highest BCUT2D eigenvalue weighted by Gasteiger charge is 2.38. The van der Waals surface area contributed by atoms with E-state index < -0.39 is 10.0 Å². The number of rotatable bonds is 2. The summed E-state index contributed by atoms with van der Waals surface area (Å²) in [7, 11) is -3.68. The molecule has 0 spiro atoms. The number of primary sulfonamides is 1. The fourth-order valence-corrected chi connectivity index (χ4v) is 4.29. The Balaban J connectivity index is 1.81. The SMILES string of the molecule is NS(=O)(=O)c1ccc2c(c1)C1C=CCC1C(c1ccccc1)N2. The highest BCUT2D eigenvalue weighted by molar-refractivity contribution is 7.89. The molecule has 0 amide bonds. The van der Waals surface area contributed by atoms with Crippen LogP contribution in [-0.4, -0.2) is 8.42 Å². The minimum Gasteiger partial charge on any atom is -0.378 e. The third-order valence-corrected chi connectivity index (χ3v) is 5.73. The minimum absolute atomic E-state index is 0.176. The van der Waals surface area contributed by atoms with Gasteiger partial charge in [0.25, 0.3) is 0 Å². The van der Waals surface area contributed by atoms with Crippen molar-refractivity contribution in [2.24, 2.45) is 11.1 Å². The topological polar surface area (TPSA) is 72.2 Å². The Bertz CT molecular complexity index is 875. The number of allylic oxidation sites excluding steroid dienone is 2. The lowest BCUT2D eigenvalue weighted by Crippen LogP contribution is -2.29. The van der Waals surface area contributed by atoms with E-state index in [0.29, 0.717) is 5.92 Å². The predicted octanol–water partition coefficient (Wildman–Crippen LogP) is 3.16. The van der Waals surface area contributed by atoms with E-state index in [9.17, 15) is 8.42 Å². The first-order valence-corrected chi connectivity index (χ1v) is 9.23. The first-order valence-electron chi connectivity index (χ1n) is 7.69. The smallest absolute Gasteiger partial charge is 0.238 e. The van der Waals surface area contributed by atoms with Crippen LogP contribution in [0.25, 0.3) is 0 Å². The van der Waals surface area contributed by atoms with Gasteiger partial charge in [-0.3, -0.25) is 0 Å². The summed E-state index contributed by atoms with van der Waals surface area (Å²) in [6, 6.07) is 15.7. The predicted molar refractivity (Wildman–Crippen MR) is 90.6 cm³/mol. The van der Waals surface area contributed by atoms with Crippen LogP contribution in [0.1, 0.15) is 29.5 Å². The molecule has 2 aromatic carbocycles. The molecule has 1 aliphatic carbocycles. The summed E-state index contributed by atoms with van der Waals surface area (Å²) in [5.74, 6) is 0.610. The standard InChI is InChI=1S/C18H18N2O2S/c19-23(21,22)13-9-10-17-16(11-13)14-7-4-8-15(14)18(20-17)12-5-2-1-3-6-12/h1-7,9-11,14-15,18,20H,8H2,(H2,19,21,22). The van der Waals surface area contributed by atoms with E-state index in [-0.39, 0.29) is 16.9 Å². The van der Waals surface area contributed by atoms with Crippen LogP contribution in [0.15, 0.2) is 65.6 Å². The molecular weight excluding hydrogens is 308 g/mol. The van der Waals surface area contributed by atoms with Gasteiger partial charge in [0.1, 0.15) is 0 Å². The molecule has 0 saturated heterocycles. The Morgan fingerprint density at radius 3 is 2.61 bits per heavy atom. The fraction of sp³-hybridized carbons (Fsp3) is 0.222. The first kappa shape index (κ1) is 14.5. The Hall–Kier alpha value is -2.11. The molecule has 2 aromatic rings. The summed E-state index contributed by atoms with van der Waals surface area (Å²) < 4.78 is 23.3. The van der Waals surface area contributed by atoms with E-state index in [1.807, 2.05) is 24.3 Å². The molecule has 5 heteroatoms. The van der Waals surface area contributed by atoms with E-state index in [4.69, 9.17) is 5.14 Å². The van der Waals surface area contributed by atoms with E-state index in [2.05, 4.69) is 29.6 Å². The zero-order chi connectivity index (χ0) is 16.0. The average Bonchev–Trinajstić information content (AvgIpc) is 3.03. The molecule has 0 aromatic heterocycles. The maximum absolute atomic E-state index is 11.6.